The lowest BCUT2D eigenvalue weighted by Gasteiger charge is -2.05. The van der Waals surface area contributed by atoms with Crippen LogP contribution in [0.2, 0.25) is 0 Å². The molecule has 14 heavy (non-hydrogen) atoms. The minimum atomic E-state index is -3.70. The summed E-state index contributed by atoms with van der Waals surface area (Å²) in [7, 11) is 1.55. The minimum absolute atomic E-state index is 0.0565. The van der Waals surface area contributed by atoms with Crippen molar-refractivity contribution < 1.29 is 13.2 Å². The minimum Gasteiger partial charge on any atom is -0.381 e. The molecule has 0 spiro atoms. The molecular formula is C7H9ClN2O3S. The molecule has 1 unspecified atom stereocenters. The summed E-state index contributed by atoms with van der Waals surface area (Å²) in [5.74, 6) is 0.0565. The molecule has 1 saturated heterocycles. The number of hydrogen-bond donors (Lipinski definition) is 1. The fraction of sp³-hybridized carbons (Fsp3) is 0.571. The second kappa shape index (κ2) is 3.52. The van der Waals surface area contributed by atoms with Gasteiger partial charge in [0.25, 0.3) is 9.05 Å². The van der Waals surface area contributed by atoms with E-state index in [-0.39, 0.29) is 10.8 Å². The second-order valence-corrected chi connectivity index (χ2v) is 5.68. The molecule has 5 nitrogen and oxygen atoms in total. The van der Waals surface area contributed by atoms with Gasteiger partial charge in [-0.05, 0) is 6.42 Å². The summed E-state index contributed by atoms with van der Waals surface area (Å²) in [5, 5.41) is 6.35. The van der Waals surface area contributed by atoms with Gasteiger partial charge in [-0.15, -0.1) is 0 Å². The Morgan fingerprint density at radius 3 is 3.00 bits per heavy atom. The molecule has 0 bridgehead atoms. The van der Waals surface area contributed by atoms with E-state index in [1.807, 2.05) is 0 Å². The van der Waals surface area contributed by atoms with E-state index < -0.39 is 9.05 Å². The Morgan fingerprint density at radius 2 is 2.43 bits per heavy atom. The average molecular weight is 237 g/mol. The monoisotopic (exact) mass is 236 g/mol. The first-order valence-electron chi connectivity index (χ1n) is 4.14. The standard InChI is InChI=1S/C7H9ClN2O3S/c8-14(11,12)6-3-9-10-7(6)5-1-2-13-4-5/h3,5H,1-2,4H2,(H,9,10). The number of nitrogens with one attached hydrogen (secondary N) is 1. The summed E-state index contributed by atoms with van der Waals surface area (Å²) in [4.78, 5) is 0.0645. The van der Waals surface area contributed by atoms with Crippen molar-refractivity contribution in [2.75, 3.05) is 13.2 Å². The van der Waals surface area contributed by atoms with E-state index in [9.17, 15) is 8.42 Å². The summed E-state index contributed by atoms with van der Waals surface area (Å²) in [6, 6.07) is 0. The van der Waals surface area contributed by atoms with Crippen molar-refractivity contribution in [3.63, 3.8) is 0 Å². The third-order valence-electron chi connectivity index (χ3n) is 2.23. The quantitative estimate of drug-likeness (QED) is 0.773. The first-order valence-corrected chi connectivity index (χ1v) is 6.45. The predicted molar refractivity (Wildman–Crippen MR) is 49.8 cm³/mol. The van der Waals surface area contributed by atoms with Crippen molar-refractivity contribution in [3.8, 4) is 0 Å². The van der Waals surface area contributed by atoms with Crippen LogP contribution in [0.5, 0.6) is 0 Å². The van der Waals surface area contributed by atoms with Crippen molar-refractivity contribution in [1.29, 1.82) is 0 Å². The maximum atomic E-state index is 11.1. The second-order valence-electron chi connectivity index (χ2n) is 3.15. The van der Waals surface area contributed by atoms with Crippen LogP contribution in [0, 0.1) is 0 Å². The molecule has 1 aromatic rings. The predicted octanol–water partition coefficient (Wildman–Crippen LogP) is 0.841. The SMILES string of the molecule is O=S(=O)(Cl)c1cn[nH]c1C1CCOC1. The van der Waals surface area contributed by atoms with E-state index in [1.165, 1.54) is 6.20 Å². The lowest BCUT2D eigenvalue weighted by molar-refractivity contribution is 0.193. The highest BCUT2D eigenvalue weighted by Crippen LogP contribution is 2.29. The average Bonchev–Trinajstić information content (AvgIpc) is 2.73. The number of ether oxygens (including phenoxy) is 1. The molecule has 0 aliphatic carbocycles. The fourth-order valence-electron chi connectivity index (χ4n) is 1.53. The van der Waals surface area contributed by atoms with Gasteiger partial charge in [-0.25, -0.2) is 8.42 Å². The van der Waals surface area contributed by atoms with E-state index in [1.54, 1.807) is 0 Å². The zero-order valence-electron chi connectivity index (χ0n) is 7.23. The topological polar surface area (TPSA) is 72.0 Å². The largest absolute Gasteiger partial charge is 0.381 e. The zero-order valence-corrected chi connectivity index (χ0v) is 8.81. The van der Waals surface area contributed by atoms with E-state index in [2.05, 4.69) is 10.2 Å². The lowest BCUT2D eigenvalue weighted by atomic mass is 10.1. The van der Waals surface area contributed by atoms with Crippen LogP contribution in [0.25, 0.3) is 0 Å². The molecule has 0 radical (unpaired) electrons. The van der Waals surface area contributed by atoms with Gasteiger partial charge in [0.15, 0.2) is 0 Å². The molecule has 1 atom stereocenters. The Labute approximate surface area is 85.8 Å². The molecule has 2 rings (SSSR count). The van der Waals surface area contributed by atoms with Crippen molar-refractivity contribution in [1.82, 2.24) is 10.2 Å². The van der Waals surface area contributed by atoms with Gasteiger partial charge in [0.2, 0.25) is 0 Å². The van der Waals surface area contributed by atoms with Gasteiger partial charge < -0.3 is 4.74 Å². The summed E-state index contributed by atoms with van der Waals surface area (Å²) >= 11 is 0. The van der Waals surface area contributed by atoms with Gasteiger partial charge >= 0.3 is 0 Å². The number of aromatic amines is 1. The van der Waals surface area contributed by atoms with E-state index in [4.69, 9.17) is 15.4 Å². The van der Waals surface area contributed by atoms with Gasteiger partial charge in [-0.1, -0.05) is 0 Å². The molecule has 2 heterocycles. The highest BCUT2D eigenvalue weighted by atomic mass is 35.7. The van der Waals surface area contributed by atoms with Crippen LogP contribution in [0.4, 0.5) is 0 Å². The molecule has 0 saturated carbocycles. The molecule has 1 aliphatic heterocycles. The van der Waals surface area contributed by atoms with Crippen LogP contribution in [0.1, 0.15) is 18.0 Å². The van der Waals surface area contributed by atoms with Gasteiger partial charge in [0.05, 0.1) is 18.5 Å². The third kappa shape index (κ3) is 1.77. The molecule has 1 aliphatic rings. The number of halogens is 1. The summed E-state index contributed by atoms with van der Waals surface area (Å²) in [6.45, 7) is 1.16. The van der Waals surface area contributed by atoms with Crippen LogP contribution in [0.3, 0.4) is 0 Å². The van der Waals surface area contributed by atoms with Crippen LogP contribution in [0.15, 0.2) is 11.1 Å². The van der Waals surface area contributed by atoms with Gasteiger partial charge in [0.1, 0.15) is 4.90 Å². The molecule has 1 aromatic heterocycles. The van der Waals surface area contributed by atoms with Crippen molar-refractivity contribution in [3.05, 3.63) is 11.9 Å². The normalized spacial score (nSPS) is 22.8. The van der Waals surface area contributed by atoms with Gasteiger partial charge in [-0.2, -0.15) is 5.10 Å². The Hall–Kier alpha value is -0.590. The number of nitrogens with zero attached hydrogens (tertiary/aromatic N) is 1. The van der Waals surface area contributed by atoms with Crippen LogP contribution >= 0.6 is 10.7 Å². The number of hydrogen-bond acceptors (Lipinski definition) is 4. The van der Waals surface area contributed by atoms with E-state index >= 15 is 0 Å². The summed E-state index contributed by atoms with van der Waals surface area (Å²) < 4.78 is 27.4. The summed E-state index contributed by atoms with van der Waals surface area (Å²) in [5.41, 5.74) is 0.553. The number of H-pyrrole nitrogens is 1. The van der Waals surface area contributed by atoms with E-state index in [0.717, 1.165) is 6.42 Å². The Kier molecular flexibility index (Phi) is 2.50. The Morgan fingerprint density at radius 1 is 1.64 bits per heavy atom. The van der Waals surface area contributed by atoms with Crippen LogP contribution in [-0.4, -0.2) is 31.8 Å². The number of rotatable bonds is 2. The van der Waals surface area contributed by atoms with Crippen molar-refractivity contribution >= 4 is 19.7 Å². The fourth-order valence-corrected chi connectivity index (χ4v) is 2.56. The third-order valence-corrected chi connectivity index (χ3v) is 3.58. The highest BCUT2D eigenvalue weighted by Gasteiger charge is 2.27. The molecule has 0 aromatic carbocycles. The van der Waals surface area contributed by atoms with E-state index in [0.29, 0.717) is 18.9 Å². The van der Waals surface area contributed by atoms with Crippen molar-refractivity contribution in [2.24, 2.45) is 0 Å². The summed E-state index contributed by atoms with van der Waals surface area (Å²) in [6.07, 6.45) is 2.03. The molecule has 78 valence electrons. The van der Waals surface area contributed by atoms with Crippen molar-refractivity contribution in [2.45, 2.75) is 17.2 Å². The number of aromatic nitrogens is 2. The Balaban J connectivity index is 2.39. The molecule has 0 amide bonds. The highest BCUT2D eigenvalue weighted by molar-refractivity contribution is 8.13. The van der Waals surface area contributed by atoms with Crippen LogP contribution in [-0.2, 0) is 13.8 Å². The first kappa shape index (κ1) is 9.95. The first-order chi connectivity index (χ1) is 6.59. The maximum absolute atomic E-state index is 11.1. The zero-order chi connectivity index (χ0) is 10.2. The Bertz CT molecular complexity index is 422. The molecule has 1 N–H and O–H groups in total. The van der Waals surface area contributed by atoms with Gasteiger partial charge in [-0.3, -0.25) is 5.10 Å². The smallest absolute Gasteiger partial charge is 0.264 e. The van der Waals surface area contributed by atoms with Crippen LogP contribution < -0.4 is 0 Å². The maximum Gasteiger partial charge on any atom is 0.264 e. The molecule has 7 heteroatoms. The van der Waals surface area contributed by atoms with Gasteiger partial charge in [0, 0.05) is 23.2 Å². The molecular weight excluding hydrogens is 228 g/mol. The lowest BCUT2D eigenvalue weighted by Crippen LogP contribution is -2.03. The molecule has 1 fully saturated rings.